The minimum atomic E-state index is -0.996. The van der Waals surface area contributed by atoms with Crippen LogP contribution in [0.25, 0.3) is 0 Å². The highest BCUT2D eigenvalue weighted by molar-refractivity contribution is 5.80. The van der Waals surface area contributed by atoms with Gasteiger partial charge in [0.25, 0.3) is 0 Å². The maximum absolute atomic E-state index is 11.3. The van der Waals surface area contributed by atoms with Gasteiger partial charge in [0.2, 0.25) is 0 Å². The molecule has 98 valence electrons. The Hall–Kier alpha value is -1.06. The van der Waals surface area contributed by atoms with Crippen molar-refractivity contribution in [1.82, 2.24) is 0 Å². The first-order valence-electron chi connectivity index (χ1n) is 6.14. The zero-order valence-corrected chi connectivity index (χ0v) is 10.9. The van der Waals surface area contributed by atoms with Crippen molar-refractivity contribution in [2.45, 2.75) is 40.5 Å². The lowest BCUT2D eigenvalue weighted by molar-refractivity contribution is -0.156. The summed E-state index contributed by atoms with van der Waals surface area (Å²) in [7, 11) is 0. The van der Waals surface area contributed by atoms with E-state index in [1.54, 1.807) is 13.8 Å². The minimum absolute atomic E-state index is 0.0195. The summed E-state index contributed by atoms with van der Waals surface area (Å²) >= 11 is 0. The van der Waals surface area contributed by atoms with E-state index in [0.717, 1.165) is 6.42 Å². The number of carboxylic acid groups (broad SMARTS) is 2. The summed E-state index contributed by atoms with van der Waals surface area (Å²) in [6.07, 6.45) is 1.47. The standard InChI is InChI=1S/C13H22O4/c1-7(2)10(12(16)17)9(11(14)15)6-13(4)5-8(13)3/h7-10H,5-6H2,1-4H3,(H,14,15)(H,16,17). The zero-order chi connectivity index (χ0) is 13.4. The van der Waals surface area contributed by atoms with Crippen molar-refractivity contribution < 1.29 is 19.8 Å². The van der Waals surface area contributed by atoms with Crippen LogP contribution >= 0.6 is 0 Å². The molecule has 4 heteroatoms. The Kier molecular flexibility index (Phi) is 3.84. The van der Waals surface area contributed by atoms with Gasteiger partial charge in [-0.3, -0.25) is 9.59 Å². The molecule has 0 aromatic heterocycles. The third-order valence-electron chi connectivity index (χ3n) is 4.24. The van der Waals surface area contributed by atoms with Gasteiger partial charge in [-0.15, -0.1) is 0 Å². The first-order valence-corrected chi connectivity index (χ1v) is 6.14. The van der Waals surface area contributed by atoms with Crippen molar-refractivity contribution in [3.05, 3.63) is 0 Å². The van der Waals surface area contributed by atoms with Gasteiger partial charge >= 0.3 is 11.9 Å². The van der Waals surface area contributed by atoms with Gasteiger partial charge in [-0.1, -0.05) is 27.7 Å². The summed E-state index contributed by atoms with van der Waals surface area (Å²) in [6.45, 7) is 7.68. The number of aliphatic carboxylic acids is 2. The molecule has 1 fully saturated rings. The number of hydrogen-bond acceptors (Lipinski definition) is 2. The van der Waals surface area contributed by atoms with Gasteiger partial charge < -0.3 is 10.2 Å². The van der Waals surface area contributed by atoms with E-state index in [4.69, 9.17) is 0 Å². The van der Waals surface area contributed by atoms with Crippen LogP contribution in [0.4, 0.5) is 0 Å². The van der Waals surface area contributed by atoms with E-state index < -0.39 is 23.8 Å². The summed E-state index contributed by atoms with van der Waals surface area (Å²) in [6, 6.07) is 0. The summed E-state index contributed by atoms with van der Waals surface area (Å²) in [4.78, 5) is 22.5. The summed E-state index contributed by atoms with van der Waals surface area (Å²) in [5.41, 5.74) is 0.0195. The molecule has 0 saturated heterocycles. The second kappa shape index (κ2) is 4.67. The molecule has 0 aromatic rings. The smallest absolute Gasteiger partial charge is 0.307 e. The maximum atomic E-state index is 11.3. The second-order valence-corrected chi connectivity index (χ2v) is 6.02. The molecule has 2 N–H and O–H groups in total. The van der Waals surface area contributed by atoms with Crippen molar-refractivity contribution >= 4 is 11.9 Å². The molecule has 1 saturated carbocycles. The fourth-order valence-electron chi connectivity index (χ4n) is 2.72. The van der Waals surface area contributed by atoms with E-state index in [-0.39, 0.29) is 11.3 Å². The predicted molar refractivity (Wildman–Crippen MR) is 63.6 cm³/mol. The van der Waals surface area contributed by atoms with Crippen LogP contribution in [-0.2, 0) is 9.59 Å². The van der Waals surface area contributed by atoms with E-state index in [2.05, 4.69) is 6.92 Å². The van der Waals surface area contributed by atoms with Crippen LogP contribution in [0.3, 0.4) is 0 Å². The molecule has 0 aromatic carbocycles. The normalized spacial score (nSPS) is 31.0. The number of rotatable bonds is 6. The van der Waals surface area contributed by atoms with Crippen LogP contribution in [0.2, 0.25) is 0 Å². The third kappa shape index (κ3) is 2.99. The predicted octanol–water partition coefficient (Wildman–Crippen LogP) is 2.48. The van der Waals surface area contributed by atoms with Gasteiger partial charge in [-0.05, 0) is 30.1 Å². The van der Waals surface area contributed by atoms with Crippen LogP contribution < -0.4 is 0 Å². The highest BCUT2D eigenvalue weighted by atomic mass is 16.4. The summed E-state index contributed by atoms with van der Waals surface area (Å²) in [5.74, 6) is -3.20. The van der Waals surface area contributed by atoms with E-state index in [1.807, 2.05) is 6.92 Å². The lowest BCUT2D eigenvalue weighted by Crippen LogP contribution is -2.35. The lowest BCUT2D eigenvalue weighted by Gasteiger charge is -2.26. The van der Waals surface area contributed by atoms with Gasteiger partial charge in [-0.25, -0.2) is 0 Å². The number of hydrogen-bond donors (Lipinski definition) is 2. The molecule has 0 aliphatic heterocycles. The highest BCUT2D eigenvalue weighted by Crippen LogP contribution is 2.56. The Morgan fingerprint density at radius 3 is 2.00 bits per heavy atom. The summed E-state index contributed by atoms with van der Waals surface area (Å²) < 4.78 is 0. The van der Waals surface area contributed by atoms with Gasteiger partial charge in [0, 0.05) is 0 Å². The van der Waals surface area contributed by atoms with E-state index in [1.165, 1.54) is 0 Å². The molecule has 4 unspecified atom stereocenters. The largest absolute Gasteiger partial charge is 0.481 e. The number of carboxylic acids is 2. The molecule has 0 bridgehead atoms. The fourth-order valence-corrected chi connectivity index (χ4v) is 2.72. The zero-order valence-electron chi connectivity index (χ0n) is 10.9. The maximum Gasteiger partial charge on any atom is 0.307 e. The SMILES string of the molecule is CC(C)C(C(=O)O)C(CC1(C)CC1C)C(=O)O. The quantitative estimate of drug-likeness (QED) is 0.750. The molecule has 0 radical (unpaired) electrons. The van der Waals surface area contributed by atoms with Crippen molar-refractivity contribution in [1.29, 1.82) is 0 Å². The van der Waals surface area contributed by atoms with Crippen molar-refractivity contribution in [3.8, 4) is 0 Å². The third-order valence-corrected chi connectivity index (χ3v) is 4.24. The number of carbonyl (C=O) groups is 2. The monoisotopic (exact) mass is 242 g/mol. The highest BCUT2D eigenvalue weighted by Gasteiger charge is 2.51. The molecule has 0 amide bonds. The Morgan fingerprint density at radius 1 is 1.29 bits per heavy atom. The van der Waals surface area contributed by atoms with Gasteiger partial charge in [0.15, 0.2) is 0 Å². The molecule has 4 nitrogen and oxygen atoms in total. The molecule has 17 heavy (non-hydrogen) atoms. The fraction of sp³-hybridized carbons (Fsp3) is 0.846. The summed E-state index contributed by atoms with van der Waals surface area (Å²) in [5, 5.41) is 18.4. The Labute approximate surface area is 102 Å². The first kappa shape index (κ1) is 14.0. The van der Waals surface area contributed by atoms with Gasteiger partial charge in [-0.2, -0.15) is 0 Å². The Balaban J connectivity index is 2.84. The van der Waals surface area contributed by atoms with Crippen LogP contribution in [0, 0.1) is 29.1 Å². The van der Waals surface area contributed by atoms with Crippen molar-refractivity contribution in [2.75, 3.05) is 0 Å². The van der Waals surface area contributed by atoms with Crippen molar-refractivity contribution in [2.24, 2.45) is 29.1 Å². The second-order valence-electron chi connectivity index (χ2n) is 6.02. The molecule has 1 aliphatic carbocycles. The van der Waals surface area contributed by atoms with E-state index >= 15 is 0 Å². The van der Waals surface area contributed by atoms with Crippen LogP contribution in [0.1, 0.15) is 40.5 Å². The van der Waals surface area contributed by atoms with E-state index in [0.29, 0.717) is 12.3 Å². The molecular formula is C13H22O4. The molecule has 1 aliphatic rings. The van der Waals surface area contributed by atoms with E-state index in [9.17, 15) is 19.8 Å². The molecule has 1 rings (SSSR count). The topological polar surface area (TPSA) is 74.6 Å². The van der Waals surface area contributed by atoms with Gasteiger partial charge in [0.05, 0.1) is 11.8 Å². The van der Waals surface area contributed by atoms with Crippen molar-refractivity contribution in [3.63, 3.8) is 0 Å². The van der Waals surface area contributed by atoms with Crippen LogP contribution in [0.15, 0.2) is 0 Å². The van der Waals surface area contributed by atoms with Gasteiger partial charge in [0.1, 0.15) is 0 Å². The Morgan fingerprint density at radius 2 is 1.76 bits per heavy atom. The molecule has 0 spiro atoms. The average molecular weight is 242 g/mol. The average Bonchev–Trinajstić information content (AvgIpc) is 2.71. The molecule has 0 heterocycles. The molecular weight excluding hydrogens is 220 g/mol. The first-order chi connectivity index (χ1) is 7.69. The van der Waals surface area contributed by atoms with Crippen LogP contribution in [-0.4, -0.2) is 22.2 Å². The molecule has 4 atom stereocenters. The lowest BCUT2D eigenvalue weighted by atomic mass is 9.77. The minimum Gasteiger partial charge on any atom is -0.481 e. The Bertz CT molecular complexity index is 323. The van der Waals surface area contributed by atoms with Crippen LogP contribution in [0.5, 0.6) is 0 Å².